The minimum Gasteiger partial charge on any atom is -0.389 e. The maximum atomic E-state index is 11.8. The van der Waals surface area contributed by atoms with Gasteiger partial charge in [-0.1, -0.05) is 19.9 Å². The highest BCUT2D eigenvalue weighted by molar-refractivity contribution is 7.91. The van der Waals surface area contributed by atoms with Crippen molar-refractivity contribution in [1.82, 2.24) is 4.72 Å². The summed E-state index contributed by atoms with van der Waals surface area (Å²) in [4.78, 5) is 0. The van der Waals surface area contributed by atoms with Crippen LogP contribution in [0.3, 0.4) is 0 Å². The second-order valence-electron chi connectivity index (χ2n) is 3.69. The van der Waals surface area contributed by atoms with E-state index in [1.165, 1.54) is 0 Å². The number of aliphatic hydroxyl groups is 1. The van der Waals surface area contributed by atoms with Crippen molar-refractivity contribution in [2.75, 3.05) is 6.54 Å². The molecule has 0 bridgehead atoms. The Morgan fingerprint density at radius 2 is 2.06 bits per heavy atom. The molecule has 0 fully saturated rings. The number of hydrogen-bond acceptors (Lipinski definition) is 4. The monoisotopic (exact) mass is 263 g/mol. The number of rotatable bonds is 6. The molecular formula is C10H17NO3S2. The molecule has 0 aromatic carbocycles. The highest BCUT2D eigenvalue weighted by Gasteiger charge is 2.25. The summed E-state index contributed by atoms with van der Waals surface area (Å²) in [7, 11) is -3.46. The summed E-state index contributed by atoms with van der Waals surface area (Å²) >= 11 is 1.16. The lowest BCUT2D eigenvalue weighted by atomic mass is 9.98. The molecule has 92 valence electrons. The lowest BCUT2D eigenvalue weighted by Gasteiger charge is -2.25. The van der Waals surface area contributed by atoms with E-state index in [1.54, 1.807) is 17.5 Å². The Morgan fingerprint density at radius 1 is 1.44 bits per heavy atom. The number of hydrogen-bond donors (Lipinski definition) is 2. The minimum atomic E-state index is -3.46. The molecule has 1 heterocycles. The molecule has 0 spiro atoms. The molecule has 6 heteroatoms. The van der Waals surface area contributed by atoms with E-state index >= 15 is 0 Å². The number of sulfonamides is 1. The summed E-state index contributed by atoms with van der Waals surface area (Å²) in [5, 5.41) is 11.7. The van der Waals surface area contributed by atoms with Gasteiger partial charge in [-0.3, -0.25) is 0 Å². The van der Waals surface area contributed by atoms with Gasteiger partial charge in [-0.05, 0) is 24.3 Å². The zero-order valence-electron chi connectivity index (χ0n) is 9.43. The van der Waals surface area contributed by atoms with Crippen molar-refractivity contribution < 1.29 is 13.5 Å². The Kier molecular flexibility index (Phi) is 4.49. The summed E-state index contributed by atoms with van der Waals surface area (Å²) in [6.45, 7) is 3.73. The standard InChI is InChI=1S/C10H17NO3S2/c1-3-10(12,4-2)8-11-16(13,14)9-6-5-7-15-9/h5-7,11-12H,3-4,8H2,1-2H3. The van der Waals surface area contributed by atoms with Crippen LogP contribution in [0.4, 0.5) is 0 Å². The van der Waals surface area contributed by atoms with Crippen molar-refractivity contribution in [2.45, 2.75) is 36.5 Å². The van der Waals surface area contributed by atoms with Crippen molar-refractivity contribution in [1.29, 1.82) is 0 Å². The average Bonchev–Trinajstić information content (AvgIpc) is 2.80. The van der Waals surface area contributed by atoms with E-state index in [9.17, 15) is 13.5 Å². The zero-order valence-corrected chi connectivity index (χ0v) is 11.1. The molecule has 0 aliphatic heterocycles. The second kappa shape index (κ2) is 5.27. The van der Waals surface area contributed by atoms with Crippen molar-refractivity contribution in [3.05, 3.63) is 17.5 Å². The molecule has 0 aliphatic rings. The van der Waals surface area contributed by atoms with Crippen LogP contribution in [-0.4, -0.2) is 25.7 Å². The third-order valence-electron chi connectivity index (χ3n) is 2.67. The quantitative estimate of drug-likeness (QED) is 0.819. The van der Waals surface area contributed by atoms with Crippen LogP contribution in [0.2, 0.25) is 0 Å². The van der Waals surface area contributed by atoms with Gasteiger partial charge in [0.1, 0.15) is 4.21 Å². The molecule has 0 unspecified atom stereocenters. The van der Waals surface area contributed by atoms with Gasteiger partial charge in [-0.25, -0.2) is 13.1 Å². The fourth-order valence-corrected chi connectivity index (χ4v) is 3.37. The van der Waals surface area contributed by atoms with Crippen LogP contribution in [0.1, 0.15) is 26.7 Å². The van der Waals surface area contributed by atoms with E-state index in [0.29, 0.717) is 12.8 Å². The van der Waals surface area contributed by atoms with Crippen molar-refractivity contribution >= 4 is 21.4 Å². The van der Waals surface area contributed by atoms with E-state index < -0.39 is 15.6 Å². The Bertz CT molecular complexity index is 407. The van der Waals surface area contributed by atoms with Crippen LogP contribution < -0.4 is 4.72 Å². The summed E-state index contributed by atoms with van der Waals surface area (Å²) < 4.78 is 26.2. The van der Waals surface area contributed by atoms with Crippen LogP contribution in [-0.2, 0) is 10.0 Å². The van der Waals surface area contributed by atoms with Gasteiger partial charge >= 0.3 is 0 Å². The van der Waals surface area contributed by atoms with Gasteiger partial charge < -0.3 is 5.11 Å². The summed E-state index contributed by atoms with van der Waals surface area (Å²) in [5.41, 5.74) is -0.954. The summed E-state index contributed by atoms with van der Waals surface area (Å²) in [6.07, 6.45) is 1.05. The van der Waals surface area contributed by atoms with Gasteiger partial charge in [0.15, 0.2) is 0 Å². The molecule has 4 nitrogen and oxygen atoms in total. The van der Waals surface area contributed by atoms with Crippen molar-refractivity contribution in [3.63, 3.8) is 0 Å². The Labute approximate surface area is 100 Å². The summed E-state index contributed by atoms with van der Waals surface area (Å²) in [5.74, 6) is 0. The van der Waals surface area contributed by atoms with E-state index in [4.69, 9.17) is 0 Å². The molecule has 2 N–H and O–H groups in total. The predicted molar refractivity (Wildman–Crippen MR) is 65.0 cm³/mol. The molecular weight excluding hydrogens is 246 g/mol. The Hall–Kier alpha value is -0.430. The fourth-order valence-electron chi connectivity index (χ4n) is 1.22. The molecule has 0 amide bonds. The molecule has 1 aromatic heterocycles. The van der Waals surface area contributed by atoms with Gasteiger partial charge in [0.05, 0.1) is 5.60 Å². The van der Waals surface area contributed by atoms with E-state index in [1.807, 2.05) is 13.8 Å². The van der Waals surface area contributed by atoms with E-state index in [0.717, 1.165) is 11.3 Å². The van der Waals surface area contributed by atoms with E-state index in [2.05, 4.69) is 4.72 Å². The first kappa shape index (κ1) is 13.6. The van der Waals surface area contributed by atoms with E-state index in [-0.39, 0.29) is 10.8 Å². The normalized spacial score (nSPS) is 12.9. The molecule has 1 aromatic rings. The molecule has 0 saturated heterocycles. The molecule has 16 heavy (non-hydrogen) atoms. The molecule has 0 atom stereocenters. The van der Waals surface area contributed by atoms with Crippen LogP contribution in [0.5, 0.6) is 0 Å². The van der Waals surface area contributed by atoms with Crippen LogP contribution in [0.25, 0.3) is 0 Å². The SMILES string of the molecule is CCC(O)(CC)CNS(=O)(=O)c1cccs1. The minimum absolute atomic E-state index is 0.0558. The van der Waals surface area contributed by atoms with Gasteiger partial charge in [-0.15, -0.1) is 11.3 Å². The van der Waals surface area contributed by atoms with Gasteiger partial charge in [0.2, 0.25) is 10.0 Å². The lowest BCUT2D eigenvalue weighted by molar-refractivity contribution is 0.0377. The lowest BCUT2D eigenvalue weighted by Crippen LogP contribution is -2.41. The third-order valence-corrected chi connectivity index (χ3v) is 5.47. The summed E-state index contributed by atoms with van der Waals surface area (Å²) in [6, 6.07) is 3.23. The van der Waals surface area contributed by atoms with Gasteiger partial charge in [-0.2, -0.15) is 0 Å². The van der Waals surface area contributed by atoms with Gasteiger partial charge in [0.25, 0.3) is 0 Å². The van der Waals surface area contributed by atoms with Gasteiger partial charge in [0, 0.05) is 6.54 Å². The molecule has 0 radical (unpaired) electrons. The number of thiophene rings is 1. The highest BCUT2D eigenvalue weighted by atomic mass is 32.2. The molecule has 1 rings (SSSR count). The Balaban J connectivity index is 2.69. The van der Waals surface area contributed by atoms with Crippen LogP contribution >= 0.6 is 11.3 Å². The van der Waals surface area contributed by atoms with Crippen LogP contribution in [0, 0.1) is 0 Å². The highest BCUT2D eigenvalue weighted by Crippen LogP contribution is 2.18. The fraction of sp³-hybridized carbons (Fsp3) is 0.600. The largest absolute Gasteiger partial charge is 0.389 e. The second-order valence-corrected chi connectivity index (χ2v) is 6.63. The first-order chi connectivity index (χ1) is 7.43. The first-order valence-electron chi connectivity index (χ1n) is 5.19. The maximum absolute atomic E-state index is 11.8. The molecule has 0 saturated carbocycles. The zero-order chi connectivity index (χ0) is 12.2. The average molecular weight is 263 g/mol. The van der Waals surface area contributed by atoms with Crippen LogP contribution in [0.15, 0.2) is 21.7 Å². The first-order valence-corrected chi connectivity index (χ1v) is 7.55. The topological polar surface area (TPSA) is 66.4 Å². The van der Waals surface area contributed by atoms with Crippen molar-refractivity contribution in [2.24, 2.45) is 0 Å². The smallest absolute Gasteiger partial charge is 0.250 e. The Morgan fingerprint density at radius 3 is 2.50 bits per heavy atom. The van der Waals surface area contributed by atoms with Crippen molar-refractivity contribution in [3.8, 4) is 0 Å². The predicted octanol–water partition coefficient (Wildman–Crippen LogP) is 1.58. The maximum Gasteiger partial charge on any atom is 0.250 e. The number of nitrogens with one attached hydrogen (secondary N) is 1. The molecule has 0 aliphatic carbocycles. The third kappa shape index (κ3) is 3.28.